The second kappa shape index (κ2) is 14.2. The van der Waals surface area contributed by atoms with Gasteiger partial charge >= 0.3 is 6.03 Å². The summed E-state index contributed by atoms with van der Waals surface area (Å²) in [6.45, 7) is 4.99. The van der Waals surface area contributed by atoms with Crippen LogP contribution in [0.4, 0.5) is 21.9 Å². The maximum Gasteiger partial charge on any atom is 0.319 e. The van der Waals surface area contributed by atoms with E-state index in [9.17, 15) is 9.59 Å². The van der Waals surface area contributed by atoms with Gasteiger partial charge in [0.05, 0.1) is 18.4 Å². The van der Waals surface area contributed by atoms with E-state index in [-0.39, 0.29) is 11.9 Å². The first-order valence-corrected chi connectivity index (χ1v) is 13.7. The fourth-order valence-electron chi connectivity index (χ4n) is 4.80. The minimum Gasteiger partial charge on any atom is -0.495 e. The lowest BCUT2D eigenvalue weighted by Gasteiger charge is -2.38. The first-order chi connectivity index (χ1) is 19.4. The van der Waals surface area contributed by atoms with Crippen molar-refractivity contribution in [2.45, 2.75) is 13.0 Å². The van der Waals surface area contributed by atoms with Gasteiger partial charge in [-0.1, -0.05) is 42.5 Å². The van der Waals surface area contributed by atoms with Crippen molar-refractivity contribution < 1.29 is 14.3 Å². The Hall–Kier alpha value is -4.24. The highest BCUT2D eigenvalue weighted by Gasteiger charge is 2.24. The topological polar surface area (TPSA) is 89.2 Å². The van der Waals surface area contributed by atoms with Gasteiger partial charge < -0.3 is 35.4 Å². The van der Waals surface area contributed by atoms with Crippen LogP contribution in [-0.2, 0) is 6.54 Å². The zero-order valence-electron chi connectivity index (χ0n) is 23.7. The third-order valence-electron chi connectivity index (χ3n) is 6.91. The number of ether oxygens (including phenoxy) is 1. The molecule has 0 atom stereocenters. The molecule has 0 unspecified atom stereocenters. The number of anilines is 3. The van der Waals surface area contributed by atoms with E-state index in [2.05, 4.69) is 36.7 Å². The molecule has 9 heteroatoms. The SMILES string of the molecule is COc1ccccc1N1CCN(c2ccc(NC(=O)NCc3ccccc3)cc2C(=O)NCCCN(C)C)CC1. The number of amides is 3. The molecule has 4 rings (SSSR count). The molecule has 0 spiro atoms. The minimum absolute atomic E-state index is 0.144. The van der Waals surface area contributed by atoms with Crippen molar-refractivity contribution in [3.63, 3.8) is 0 Å². The largest absolute Gasteiger partial charge is 0.495 e. The van der Waals surface area contributed by atoms with Crippen LogP contribution in [-0.4, -0.2) is 77.3 Å². The number of carbonyl (C=O) groups is 2. The quantitative estimate of drug-likeness (QED) is 0.316. The predicted molar refractivity (Wildman–Crippen MR) is 162 cm³/mol. The van der Waals surface area contributed by atoms with Gasteiger partial charge in [0.15, 0.2) is 0 Å². The van der Waals surface area contributed by atoms with Gasteiger partial charge in [-0.25, -0.2) is 4.79 Å². The molecule has 0 saturated carbocycles. The van der Waals surface area contributed by atoms with Crippen molar-refractivity contribution in [2.75, 3.05) is 75.6 Å². The fourth-order valence-corrected chi connectivity index (χ4v) is 4.80. The highest BCUT2D eigenvalue weighted by Crippen LogP contribution is 2.31. The molecule has 0 aromatic heterocycles. The summed E-state index contributed by atoms with van der Waals surface area (Å²) in [5.41, 5.74) is 4.07. The molecule has 3 amide bonds. The molecule has 3 aromatic carbocycles. The lowest BCUT2D eigenvalue weighted by Crippen LogP contribution is -2.47. The van der Waals surface area contributed by atoms with Gasteiger partial charge in [0.2, 0.25) is 0 Å². The Morgan fingerprint density at radius 3 is 2.23 bits per heavy atom. The van der Waals surface area contributed by atoms with Crippen LogP contribution in [0.5, 0.6) is 5.75 Å². The molecule has 1 fully saturated rings. The fraction of sp³-hybridized carbons (Fsp3) is 0.355. The van der Waals surface area contributed by atoms with Crippen molar-refractivity contribution in [3.8, 4) is 5.75 Å². The molecule has 1 aliphatic rings. The summed E-state index contributed by atoms with van der Waals surface area (Å²) in [4.78, 5) is 32.6. The number of hydrogen-bond acceptors (Lipinski definition) is 6. The summed E-state index contributed by atoms with van der Waals surface area (Å²) in [5, 5.41) is 8.82. The van der Waals surface area contributed by atoms with Crippen LogP contribution in [0.2, 0.25) is 0 Å². The Balaban J connectivity index is 1.46. The second-order valence-corrected chi connectivity index (χ2v) is 10.1. The molecule has 0 bridgehead atoms. The lowest BCUT2D eigenvalue weighted by atomic mass is 10.1. The predicted octanol–water partition coefficient (Wildman–Crippen LogP) is 4.03. The summed E-state index contributed by atoms with van der Waals surface area (Å²) >= 11 is 0. The van der Waals surface area contributed by atoms with Gasteiger partial charge in [-0.2, -0.15) is 0 Å². The maximum atomic E-state index is 13.4. The highest BCUT2D eigenvalue weighted by atomic mass is 16.5. The molecule has 3 N–H and O–H groups in total. The van der Waals surface area contributed by atoms with E-state index in [1.165, 1.54) is 0 Å². The average Bonchev–Trinajstić information content (AvgIpc) is 2.98. The molecule has 3 aromatic rings. The normalized spacial score (nSPS) is 13.2. The Bertz CT molecular complexity index is 1260. The number of piperazine rings is 1. The summed E-state index contributed by atoms with van der Waals surface area (Å²) in [5.74, 6) is 0.712. The lowest BCUT2D eigenvalue weighted by molar-refractivity contribution is 0.0952. The standard InChI is InChI=1S/C31H40N6O3/c1-35(2)17-9-16-32-30(38)26-22-25(34-31(39)33-23-24-10-5-4-6-11-24)14-15-27(26)36-18-20-37(21-19-36)28-12-7-8-13-29(28)40-3/h4-8,10-15,22H,9,16-21,23H2,1-3H3,(H,32,38)(H2,33,34,39). The molecule has 212 valence electrons. The number of nitrogens with zero attached hydrogens (tertiary/aromatic N) is 3. The van der Waals surface area contributed by atoms with Crippen LogP contribution in [0, 0.1) is 0 Å². The molecule has 1 saturated heterocycles. The molecular weight excluding hydrogens is 504 g/mol. The van der Waals surface area contributed by atoms with Crippen LogP contribution >= 0.6 is 0 Å². The van der Waals surface area contributed by atoms with Crippen LogP contribution < -0.4 is 30.5 Å². The van der Waals surface area contributed by atoms with Gasteiger partial charge in [0, 0.05) is 50.6 Å². The summed E-state index contributed by atoms with van der Waals surface area (Å²) in [6, 6.07) is 23.0. The van der Waals surface area contributed by atoms with Gasteiger partial charge in [-0.3, -0.25) is 4.79 Å². The van der Waals surface area contributed by atoms with Crippen LogP contribution in [0.25, 0.3) is 0 Å². The van der Waals surface area contributed by atoms with Crippen LogP contribution in [0.15, 0.2) is 72.8 Å². The van der Waals surface area contributed by atoms with Crippen molar-refractivity contribution >= 4 is 29.0 Å². The van der Waals surface area contributed by atoms with Crippen molar-refractivity contribution in [3.05, 3.63) is 83.9 Å². The zero-order valence-corrected chi connectivity index (χ0v) is 23.7. The molecule has 9 nitrogen and oxygen atoms in total. The molecular formula is C31H40N6O3. The molecule has 1 heterocycles. The minimum atomic E-state index is -0.320. The van der Waals surface area contributed by atoms with Gasteiger partial charge in [0.25, 0.3) is 5.91 Å². The van der Waals surface area contributed by atoms with E-state index >= 15 is 0 Å². The third-order valence-corrected chi connectivity index (χ3v) is 6.91. The van der Waals surface area contributed by atoms with E-state index in [0.29, 0.717) is 24.3 Å². The molecule has 0 aliphatic carbocycles. The van der Waals surface area contributed by atoms with Crippen LogP contribution in [0.3, 0.4) is 0 Å². The number of methoxy groups -OCH3 is 1. The third kappa shape index (κ3) is 7.89. The summed E-state index contributed by atoms with van der Waals surface area (Å²) in [6.07, 6.45) is 0.853. The van der Waals surface area contributed by atoms with E-state index < -0.39 is 0 Å². The van der Waals surface area contributed by atoms with E-state index in [0.717, 1.165) is 61.8 Å². The zero-order chi connectivity index (χ0) is 28.3. The highest BCUT2D eigenvalue weighted by molar-refractivity contribution is 6.02. The van der Waals surface area contributed by atoms with E-state index in [4.69, 9.17) is 4.74 Å². The average molecular weight is 545 g/mol. The smallest absolute Gasteiger partial charge is 0.319 e. The molecule has 40 heavy (non-hydrogen) atoms. The molecule has 0 radical (unpaired) electrons. The number of benzene rings is 3. The number of hydrogen-bond donors (Lipinski definition) is 3. The number of nitrogens with one attached hydrogen (secondary N) is 3. The Kier molecular flexibility index (Phi) is 10.2. The number of rotatable bonds is 11. The summed E-state index contributed by atoms with van der Waals surface area (Å²) in [7, 11) is 5.72. The Morgan fingerprint density at radius 1 is 0.850 bits per heavy atom. The first-order valence-electron chi connectivity index (χ1n) is 13.7. The first kappa shape index (κ1) is 28.8. The Labute approximate surface area is 237 Å². The van der Waals surface area contributed by atoms with E-state index in [1.54, 1.807) is 13.2 Å². The van der Waals surface area contributed by atoms with Gasteiger partial charge in [0.1, 0.15) is 5.75 Å². The number of carbonyl (C=O) groups excluding carboxylic acids is 2. The van der Waals surface area contributed by atoms with Crippen molar-refractivity contribution in [1.82, 2.24) is 15.5 Å². The van der Waals surface area contributed by atoms with E-state index in [1.807, 2.05) is 74.8 Å². The molecule has 1 aliphatic heterocycles. The summed E-state index contributed by atoms with van der Waals surface area (Å²) < 4.78 is 5.56. The van der Waals surface area contributed by atoms with Crippen molar-refractivity contribution in [1.29, 1.82) is 0 Å². The van der Waals surface area contributed by atoms with Crippen molar-refractivity contribution in [2.24, 2.45) is 0 Å². The van der Waals surface area contributed by atoms with Crippen LogP contribution in [0.1, 0.15) is 22.3 Å². The monoisotopic (exact) mass is 544 g/mol. The van der Waals surface area contributed by atoms with Gasteiger partial charge in [-0.15, -0.1) is 0 Å². The van der Waals surface area contributed by atoms with Gasteiger partial charge in [-0.05, 0) is 63.0 Å². The number of para-hydroxylation sites is 2. The second-order valence-electron chi connectivity index (χ2n) is 10.1. The number of urea groups is 1. The maximum absolute atomic E-state index is 13.4. The Morgan fingerprint density at radius 2 is 1.52 bits per heavy atom.